The van der Waals surface area contributed by atoms with Crippen molar-refractivity contribution in [3.63, 3.8) is 0 Å². The van der Waals surface area contributed by atoms with Gasteiger partial charge in [0, 0.05) is 24.4 Å². The van der Waals surface area contributed by atoms with Crippen LogP contribution in [0.3, 0.4) is 0 Å². The number of nitrogens with zero attached hydrogens (tertiary/aromatic N) is 1. The molecule has 10 nitrogen and oxygen atoms in total. The summed E-state index contributed by atoms with van der Waals surface area (Å²) in [5.41, 5.74) is 0.0723. The summed E-state index contributed by atoms with van der Waals surface area (Å²) in [6.45, 7) is 5.86. The Balaban J connectivity index is 1.03. The smallest absolute Gasteiger partial charge is 0.352 e. The molecular formula is C42H61NO9. The number of aliphatic hydroxyl groups is 1. The van der Waals surface area contributed by atoms with Crippen molar-refractivity contribution in [3.8, 4) is 11.5 Å². The number of carbonyl (C=O) groups is 3. The minimum atomic E-state index is -1.26. The average Bonchev–Trinajstić information content (AvgIpc) is 3.48. The van der Waals surface area contributed by atoms with Gasteiger partial charge in [-0.3, -0.25) is 4.79 Å². The van der Waals surface area contributed by atoms with E-state index in [0.717, 1.165) is 49.8 Å². The van der Waals surface area contributed by atoms with Crippen LogP contribution in [0.1, 0.15) is 135 Å². The average molecular weight is 724 g/mol. The standard InChI is InChI=1S/C42H61NO9/c1-6-7-8-9-10-11-12-13-14-15-16-17-18-19-20-21-35(44)49-29(2)39(45)50-30(3)40(46)51-33-24-25-42(47)34-28-31-22-23-32(48-5)37-36(31)41(42,38(33)52-37)26-27-43(34)4/h13-14,22-24,29-30,34,38,47H,6-12,15-21,25-28H2,1-5H3/t29-,30-,34?,38-,41-,42-/m0/s1. The second-order valence-corrected chi connectivity index (χ2v) is 15.3. The third-order valence-electron chi connectivity index (χ3n) is 11.7. The van der Waals surface area contributed by atoms with E-state index in [2.05, 4.69) is 24.0 Å². The first-order chi connectivity index (χ1) is 25.1. The summed E-state index contributed by atoms with van der Waals surface area (Å²) in [6, 6.07) is 3.79. The Hall–Kier alpha value is -3.37. The first-order valence-electron chi connectivity index (χ1n) is 19.8. The third kappa shape index (κ3) is 8.38. The number of likely N-dealkylation sites (N-methyl/N-ethyl adjacent to an activating group) is 1. The Morgan fingerprint density at radius 2 is 1.60 bits per heavy atom. The molecule has 4 aliphatic rings. The van der Waals surface area contributed by atoms with Gasteiger partial charge >= 0.3 is 17.9 Å². The fraction of sp³-hybridized carbons (Fsp3) is 0.690. The summed E-state index contributed by atoms with van der Waals surface area (Å²) >= 11 is 0. The molecule has 5 rings (SSSR count). The van der Waals surface area contributed by atoms with Gasteiger partial charge in [0.05, 0.1) is 18.1 Å². The van der Waals surface area contributed by atoms with E-state index < -0.39 is 47.2 Å². The first-order valence-corrected chi connectivity index (χ1v) is 19.8. The fourth-order valence-corrected chi connectivity index (χ4v) is 8.75. The summed E-state index contributed by atoms with van der Waals surface area (Å²) in [6.07, 6.45) is 20.1. The van der Waals surface area contributed by atoms with E-state index in [-0.39, 0.29) is 24.6 Å². The van der Waals surface area contributed by atoms with Crippen LogP contribution in [0.5, 0.6) is 11.5 Å². The van der Waals surface area contributed by atoms with Gasteiger partial charge < -0.3 is 33.7 Å². The lowest BCUT2D eigenvalue weighted by Crippen LogP contribution is -2.74. The highest BCUT2D eigenvalue weighted by molar-refractivity contribution is 5.83. The molecule has 1 unspecified atom stereocenters. The second kappa shape index (κ2) is 18.1. The van der Waals surface area contributed by atoms with Crippen molar-refractivity contribution in [1.82, 2.24) is 4.90 Å². The zero-order chi connectivity index (χ0) is 37.3. The van der Waals surface area contributed by atoms with E-state index in [1.807, 2.05) is 19.2 Å². The summed E-state index contributed by atoms with van der Waals surface area (Å²) < 4.78 is 28.8. The summed E-state index contributed by atoms with van der Waals surface area (Å²) in [5.74, 6) is -0.639. The number of unbranched alkanes of at least 4 members (excludes halogenated alkanes) is 11. The normalized spacial score (nSPS) is 25.5. The molecule has 0 aromatic heterocycles. The lowest BCUT2D eigenvalue weighted by atomic mass is 9.50. The molecule has 6 atom stereocenters. The molecule has 1 N–H and O–H groups in total. The maximum atomic E-state index is 13.3. The van der Waals surface area contributed by atoms with Crippen LogP contribution in [-0.4, -0.2) is 78.6 Å². The van der Waals surface area contributed by atoms with Crippen molar-refractivity contribution in [1.29, 1.82) is 0 Å². The quantitative estimate of drug-likeness (QED) is 0.0594. The SMILES string of the molecule is CCCCCCCCC=CCCCCCCCC(=O)O[C@@H](C)C(=O)O[C@@H](C)C(=O)OC1=CC[C@]2(O)C3Cc4ccc(OC)c5c4[C@@]2(CCN3C)[C@H]1O5. The highest BCUT2D eigenvalue weighted by Gasteiger charge is 2.72. The minimum Gasteiger partial charge on any atom is -0.493 e. The van der Waals surface area contributed by atoms with E-state index in [0.29, 0.717) is 30.8 Å². The molecule has 10 heteroatoms. The highest BCUT2D eigenvalue weighted by atomic mass is 16.6. The number of hydrogen-bond acceptors (Lipinski definition) is 10. The van der Waals surface area contributed by atoms with Crippen LogP contribution in [0, 0.1) is 0 Å². The largest absolute Gasteiger partial charge is 0.493 e. The van der Waals surface area contributed by atoms with Crippen LogP contribution in [0.25, 0.3) is 0 Å². The number of rotatable bonds is 21. The molecular weight excluding hydrogens is 662 g/mol. The number of piperidine rings is 1. The predicted octanol–water partition coefficient (Wildman–Crippen LogP) is 7.42. The third-order valence-corrected chi connectivity index (χ3v) is 11.7. The van der Waals surface area contributed by atoms with Gasteiger partial charge in [-0.15, -0.1) is 0 Å². The number of likely N-dealkylation sites (tertiary alicyclic amines) is 1. The van der Waals surface area contributed by atoms with Crippen LogP contribution in [0.4, 0.5) is 0 Å². The van der Waals surface area contributed by atoms with Gasteiger partial charge in [-0.05, 0) is 90.1 Å². The lowest BCUT2D eigenvalue weighted by Gasteiger charge is -2.61. The Bertz CT molecular complexity index is 1470. The lowest BCUT2D eigenvalue weighted by molar-refractivity contribution is -0.180. The van der Waals surface area contributed by atoms with Gasteiger partial charge in [0.15, 0.2) is 29.8 Å². The number of esters is 3. The molecule has 2 heterocycles. The van der Waals surface area contributed by atoms with Gasteiger partial charge in [-0.1, -0.05) is 76.5 Å². The summed E-state index contributed by atoms with van der Waals surface area (Å²) in [5, 5.41) is 12.4. The molecule has 0 saturated carbocycles. The van der Waals surface area contributed by atoms with E-state index >= 15 is 0 Å². The molecule has 2 aliphatic heterocycles. The Morgan fingerprint density at radius 1 is 0.942 bits per heavy atom. The van der Waals surface area contributed by atoms with E-state index in [4.69, 9.17) is 23.7 Å². The number of ether oxygens (including phenoxy) is 5. The molecule has 52 heavy (non-hydrogen) atoms. The van der Waals surface area contributed by atoms with Crippen molar-refractivity contribution in [2.45, 2.75) is 165 Å². The van der Waals surface area contributed by atoms with E-state index in [1.54, 1.807) is 13.2 Å². The maximum absolute atomic E-state index is 13.3. The van der Waals surface area contributed by atoms with Crippen LogP contribution in [0.2, 0.25) is 0 Å². The minimum absolute atomic E-state index is 0.131. The van der Waals surface area contributed by atoms with Gasteiger partial charge in [-0.2, -0.15) is 0 Å². The van der Waals surface area contributed by atoms with Crippen LogP contribution in [-0.2, 0) is 40.4 Å². The van der Waals surface area contributed by atoms with Gasteiger partial charge in [0.1, 0.15) is 5.76 Å². The topological polar surface area (TPSA) is 121 Å². The molecule has 1 spiro atoms. The van der Waals surface area contributed by atoms with E-state index in [9.17, 15) is 19.5 Å². The molecule has 1 aromatic carbocycles. The fourth-order valence-electron chi connectivity index (χ4n) is 8.75. The molecule has 288 valence electrons. The van der Waals surface area contributed by atoms with Gasteiger partial charge in [0.2, 0.25) is 0 Å². The van der Waals surface area contributed by atoms with Gasteiger partial charge in [-0.25, -0.2) is 9.59 Å². The number of allylic oxidation sites excluding steroid dienone is 2. The Morgan fingerprint density at radius 3 is 2.29 bits per heavy atom. The molecule has 1 aromatic rings. The Labute approximate surface area is 310 Å². The molecule has 0 amide bonds. The Kier molecular flexibility index (Phi) is 13.9. The van der Waals surface area contributed by atoms with Crippen LogP contribution >= 0.6 is 0 Å². The van der Waals surface area contributed by atoms with Crippen molar-refractivity contribution >= 4 is 17.9 Å². The van der Waals surface area contributed by atoms with E-state index in [1.165, 1.54) is 58.8 Å². The molecule has 1 fully saturated rings. The monoisotopic (exact) mass is 723 g/mol. The number of benzene rings is 1. The maximum Gasteiger partial charge on any atom is 0.352 e. The molecule has 0 radical (unpaired) electrons. The highest BCUT2D eigenvalue weighted by Crippen LogP contribution is 2.65. The first kappa shape index (κ1) is 39.8. The summed E-state index contributed by atoms with van der Waals surface area (Å²) in [7, 11) is 3.61. The second-order valence-electron chi connectivity index (χ2n) is 15.3. The van der Waals surface area contributed by atoms with Crippen molar-refractivity contribution in [3.05, 3.63) is 47.2 Å². The van der Waals surface area contributed by atoms with Gasteiger partial charge in [0.25, 0.3) is 0 Å². The number of methoxy groups -OCH3 is 1. The number of hydrogen-bond donors (Lipinski definition) is 1. The zero-order valence-electron chi connectivity index (χ0n) is 32.1. The van der Waals surface area contributed by atoms with Crippen molar-refractivity contribution in [2.75, 3.05) is 20.7 Å². The molecule has 1 saturated heterocycles. The summed E-state index contributed by atoms with van der Waals surface area (Å²) in [4.78, 5) is 40.7. The van der Waals surface area contributed by atoms with Crippen LogP contribution in [0.15, 0.2) is 36.1 Å². The zero-order valence-corrected chi connectivity index (χ0v) is 32.1. The van der Waals surface area contributed by atoms with Crippen molar-refractivity contribution in [2.24, 2.45) is 0 Å². The van der Waals surface area contributed by atoms with Crippen LogP contribution < -0.4 is 9.47 Å². The van der Waals surface area contributed by atoms with Crippen molar-refractivity contribution < 1.29 is 43.2 Å². The molecule has 2 bridgehead atoms. The predicted molar refractivity (Wildman–Crippen MR) is 198 cm³/mol. The number of carbonyl (C=O) groups excluding carboxylic acids is 3. The molecule has 2 aliphatic carbocycles.